The van der Waals surface area contributed by atoms with Gasteiger partial charge in [0, 0.05) is 17.0 Å². The molecule has 0 N–H and O–H groups in total. The van der Waals surface area contributed by atoms with Crippen LogP contribution >= 0.6 is 11.3 Å². The molecule has 1 aliphatic carbocycles. The second-order valence-corrected chi connectivity index (χ2v) is 6.67. The van der Waals surface area contributed by atoms with E-state index >= 15 is 0 Å². The number of hydrogen-bond acceptors (Lipinski definition) is 3. The molecule has 3 rings (SSSR count). The number of nitrogens with zero attached hydrogens (tertiary/aromatic N) is 2. The molecule has 1 saturated carbocycles. The Morgan fingerprint density at radius 3 is 2.25 bits per heavy atom. The van der Waals surface area contributed by atoms with Gasteiger partial charge in [-0.3, -0.25) is 4.98 Å². The first-order valence-corrected chi connectivity index (χ1v) is 11.4. The maximum absolute atomic E-state index is 4.88. The van der Waals surface area contributed by atoms with Gasteiger partial charge in [0.1, 0.15) is 5.01 Å². The summed E-state index contributed by atoms with van der Waals surface area (Å²) in [4.78, 5) is 9.28. The van der Waals surface area contributed by atoms with Crippen molar-refractivity contribution in [3.8, 4) is 11.4 Å². The number of aromatic nitrogens is 2. The monoisotopic (exact) mass is 398 g/mol. The van der Waals surface area contributed by atoms with Crippen LogP contribution in [0, 0.1) is 0 Å². The van der Waals surface area contributed by atoms with Crippen LogP contribution in [0.1, 0.15) is 72.7 Å². The molecule has 2 nitrogen and oxygen atoms in total. The highest BCUT2D eigenvalue weighted by atomic mass is 32.1. The molecule has 0 aliphatic heterocycles. The molecule has 0 radical (unpaired) electrons. The zero-order chi connectivity index (χ0) is 21.4. The van der Waals surface area contributed by atoms with Gasteiger partial charge in [-0.2, -0.15) is 0 Å². The summed E-state index contributed by atoms with van der Waals surface area (Å²) in [5, 5.41) is 3.37. The van der Waals surface area contributed by atoms with Gasteiger partial charge in [0.05, 0.1) is 11.4 Å². The lowest BCUT2D eigenvalue weighted by atomic mass is 9.95. The average Bonchev–Trinajstić information content (AvgIpc) is 3.41. The van der Waals surface area contributed by atoms with E-state index in [0.29, 0.717) is 0 Å². The van der Waals surface area contributed by atoms with Gasteiger partial charge in [-0.1, -0.05) is 65.0 Å². The van der Waals surface area contributed by atoms with Crippen molar-refractivity contribution in [3.05, 3.63) is 71.2 Å². The SMILES string of the molecule is C/C=C\C(=C/CC)C1(c2nc(-c3ccccn3)cs2)CC1.C=CC.CC.CC. The van der Waals surface area contributed by atoms with Gasteiger partial charge in [0.25, 0.3) is 0 Å². The van der Waals surface area contributed by atoms with E-state index in [0.717, 1.165) is 17.8 Å². The van der Waals surface area contributed by atoms with Crippen LogP contribution in [0.2, 0.25) is 0 Å². The van der Waals surface area contributed by atoms with E-state index in [9.17, 15) is 0 Å². The fourth-order valence-electron chi connectivity index (χ4n) is 2.70. The average molecular weight is 399 g/mol. The Labute approximate surface area is 177 Å². The van der Waals surface area contributed by atoms with Crippen molar-refractivity contribution < 1.29 is 0 Å². The van der Waals surface area contributed by atoms with Crippen LogP contribution in [0.3, 0.4) is 0 Å². The maximum Gasteiger partial charge on any atom is 0.104 e. The fourth-order valence-corrected chi connectivity index (χ4v) is 3.79. The Bertz CT molecular complexity index is 707. The Balaban J connectivity index is 0.000000930. The normalized spacial score (nSPS) is 13.9. The lowest BCUT2D eigenvalue weighted by molar-refractivity contribution is 0.824. The van der Waals surface area contributed by atoms with Gasteiger partial charge in [0.2, 0.25) is 0 Å². The lowest BCUT2D eigenvalue weighted by Gasteiger charge is -2.14. The zero-order valence-corrected chi connectivity index (χ0v) is 19.6. The fraction of sp³-hybridized carbons (Fsp3) is 0.440. The topological polar surface area (TPSA) is 25.8 Å². The minimum atomic E-state index is 0.167. The summed E-state index contributed by atoms with van der Waals surface area (Å²) in [5.74, 6) is 0. The Morgan fingerprint density at radius 1 is 1.14 bits per heavy atom. The van der Waals surface area contributed by atoms with Crippen molar-refractivity contribution in [2.75, 3.05) is 0 Å². The van der Waals surface area contributed by atoms with Crippen molar-refractivity contribution in [1.29, 1.82) is 0 Å². The predicted molar refractivity (Wildman–Crippen MR) is 128 cm³/mol. The van der Waals surface area contributed by atoms with E-state index in [1.807, 2.05) is 59.0 Å². The smallest absolute Gasteiger partial charge is 0.104 e. The number of rotatable bonds is 5. The predicted octanol–water partition coefficient (Wildman–Crippen LogP) is 8.39. The highest BCUT2D eigenvalue weighted by molar-refractivity contribution is 7.10. The first-order chi connectivity index (χ1) is 13.7. The van der Waals surface area contributed by atoms with Crippen molar-refractivity contribution in [2.45, 2.75) is 73.1 Å². The van der Waals surface area contributed by atoms with Crippen molar-refractivity contribution in [2.24, 2.45) is 0 Å². The molecule has 28 heavy (non-hydrogen) atoms. The largest absolute Gasteiger partial charge is 0.255 e. The molecule has 0 spiro atoms. The van der Waals surface area contributed by atoms with Gasteiger partial charge in [-0.05, 0) is 50.8 Å². The molecule has 0 aromatic carbocycles. The second-order valence-electron chi connectivity index (χ2n) is 5.81. The van der Waals surface area contributed by atoms with E-state index in [4.69, 9.17) is 4.98 Å². The first-order valence-electron chi connectivity index (χ1n) is 10.5. The summed E-state index contributed by atoms with van der Waals surface area (Å²) in [5.41, 5.74) is 3.55. The summed E-state index contributed by atoms with van der Waals surface area (Å²) >= 11 is 1.77. The van der Waals surface area contributed by atoms with Gasteiger partial charge in [0.15, 0.2) is 0 Å². The van der Waals surface area contributed by atoms with Gasteiger partial charge in [-0.25, -0.2) is 4.98 Å². The van der Waals surface area contributed by atoms with Gasteiger partial charge in [-0.15, -0.1) is 17.9 Å². The molecule has 2 aromatic rings. The standard InChI is InChI=1S/C18H20N2S.C3H6.2C2H6/c1-3-7-14(8-4-2)18(10-11-18)17-20-16(13-21-17)15-9-5-6-12-19-15;1-3-2;2*1-2/h3,5-9,12-13H,4,10-11H2,1-2H3;3H,1H2,2H3;2*1-2H3/b7-3-,14-8+;;;. The third-order valence-electron chi connectivity index (χ3n) is 3.91. The summed E-state index contributed by atoms with van der Waals surface area (Å²) in [7, 11) is 0. The van der Waals surface area contributed by atoms with E-state index in [2.05, 4.69) is 49.0 Å². The molecule has 0 bridgehead atoms. The number of hydrogen-bond donors (Lipinski definition) is 0. The Hall–Kier alpha value is -2.00. The van der Waals surface area contributed by atoms with Crippen LogP contribution in [0.5, 0.6) is 0 Å². The molecule has 2 aromatic heterocycles. The van der Waals surface area contributed by atoms with Crippen LogP contribution in [-0.4, -0.2) is 9.97 Å². The second kappa shape index (κ2) is 15.0. The minimum absolute atomic E-state index is 0.167. The zero-order valence-electron chi connectivity index (χ0n) is 18.8. The van der Waals surface area contributed by atoms with Crippen molar-refractivity contribution >= 4 is 11.3 Å². The molecular formula is C25H38N2S. The van der Waals surface area contributed by atoms with Crippen LogP contribution < -0.4 is 0 Å². The number of pyridine rings is 1. The number of thiazole rings is 1. The Morgan fingerprint density at radius 2 is 1.79 bits per heavy atom. The van der Waals surface area contributed by atoms with Crippen molar-refractivity contribution in [1.82, 2.24) is 9.97 Å². The molecular weight excluding hydrogens is 360 g/mol. The Kier molecular flexibility index (Phi) is 13.9. The molecule has 0 atom stereocenters. The van der Waals surface area contributed by atoms with E-state index in [1.165, 1.54) is 23.4 Å². The summed E-state index contributed by atoms with van der Waals surface area (Å²) in [6.07, 6.45) is 13.8. The molecule has 0 saturated heterocycles. The van der Waals surface area contributed by atoms with E-state index < -0.39 is 0 Å². The van der Waals surface area contributed by atoms with E-state index in [-0.39, 0.29) is 5.41 Å². The molecule has 0 unspecified atom stereocenters. The summed E-state index contributed by atoms with van der Waals surface area (Å²) < 4.78 is 0. The van der Waals surface area contributed by atoms with Crippen LogP contribution in [0.4, 0.5) is 0 Å². The van der Waals surface area contributed by atoms with E-state index in [1.54, 1.807) is 17.4 Å². The van der Waals surface area contributed by atoms with Crippen LogP contribution in [0.15, 0.2) is 66.2 Å². The van der Waals surface area contributed by atoms with Crippen LogP contribution in [0.25, 0.3) is 11.4 Å². The molecule has 2 heterocycles. The summed E-state index contributed by atoms with van der Waals surface area (Å²) in [6.45, 7) is 17.5. The third kappa shape index (κ3) is 7.20. The lowest BCUT2D eigenvalue weighted by Crippen LogP contribution is -2.08. The molecule has 1 aliphatic rings. The van der Waals surface area contributed by atoms with Gasteiger partial charge < -0.3 is 0 Å². The molecule has 154 valence electrons. The molecule has 1 fully saturated rings. The number of allylic oxidation sites excluding steroid dienone is 5. The first kappa shape index (κ1) is 26.0. The highest BCUT2D eigenvalue weighted by Gasteiger charge is 2.48. The highest BCUT2D eigenvalue weighted by Crippen LogP contribution is 2.55. The molecule has 0 amide bonds. The maximum atomic E-state index is 4.88. The summed E-state index contributed by atoms with van der Waals surface area (Å²) in [6, 6.07) is 5.97. The molecule has 3 heteroatoms. The third-order valence-corrected chi connectivity index (χ3v) is 4.96. The van der Waals surface area contributed by atoms with Crippen LogP contribution in [-0.2, 0) is 5.41 Å². The minimum Gasteiger partial charge on any atom is -0.255 e. The van der Waals surface area contributed by atoms with Crippen molar-refractivity contribution in [3.63, 3.8) is 0 Å². The quantitative estimate of drug-likeness (QED) is 0.373. The van der Waals surface area contributed by atoms with Gasteiger partial charge >= 0.3 is 0 Å².